The summed E-state index contributed by atoms with van der Waals surface area (Å²) in [6.07, 6.45) is 8.12. The van der Waals surface area contributed by atoms with E-state index in [-0.39, 0.29) is 23.2 Å². The van der Waals surface area contributed by atoms with E-state index in [0.717, 1.165) is 29.4 Å². The summed E-state index contributed by atoms with van der Waals surface area (Å²) in [6, 6.07) is 10.4. The molecule has 1 aliphatic rings. The predicted molar refractivity (Wildman–Crippen MR) is 135 cm³/mol. The topological polar surface area (TPSA) is 90.9 Å². The molecule has 0 radical (unpaired) electrons. The van der Waals surface area contributed by atoms with Crippen LogP contribution in [0.15, 0.2) is 45.1 Å². The van der Waals surface area contributed by atoms with Crippen LogP contribution in [0.3, 0.4) is 0 Å². The van der Waals surface area contributed by atoms with Crippen molar-refractivity contribution in [1.82, 2.24) is 24.0 Å². The lowest BCUT2D eigenvalue weighted by molar-refractivity contribution is -0.121. The number of carbonyl (C=O) groups is 1. The van der Waals surface area contributed by atoms with Gasteiger partial charge in [-0.3, -0.25) is 18.7 Å². The van der Waals surface area contributed by atoms with Gasteiger partial charge < -0.3 is 9.88 Å². The van der Waals surface area contributed by atoms with Crippen LogP contribution in [-0.2, 0) is 31.9 Å². The molecule has 0 bridgehead atoms. The van der Waals surface area contributed by atoms with Gasteiger partial charge >= 0.3 is 5.69 Å². The molecule has 0 saturated heterocycles. The molecule has 1 saturated carbocycles. The van der Waals surface area contributed by atoms with Gasteiger partial charge in [-0.15, -0.1) is 0 Å². The van der Waals surface area contributed by atoms with E-state index in [2.05, 4.69) is 22.4 Å². The second-order valence-corrected chi connectivity index (χ2v) is 10.1. The molecular weight excluding hydrogens is 450 g/mol. The number of amides is 1. The monoisotopic (exact) mass is 483 g/mol. The Labute approximate surface area is 203 Å². The molecule has 2 aromatic heterocycles. The van der Waals surface area contributed by atoms with Gasteiger partial charge in [0.05, 0.1) is 0 Å². The third kappa shape index (κ3) is 5.46. The summed E-state index contributed by atoms with van der Waals surface area (Å²) < 4.78 is 4.52. The molecule has 8 nitrogen and oxygen atoms in total. The van der Waals surface area contributed by atoms with E-state index in [9.17, 15) is 14.4 Å². The van der Waals surface area contributed by atoms with Crippen molar-refractivity contribution >= 4 is 28.8 Å². The average Bonchev–Trinajstić information content (AvgIpc) is 3.00. The molecule has 4 rings (SSSR count). The Morgan fingerprint density at radius 1 is 1.06 bits per heavy atom. The van der Waals surface area contributed by atoms with E-state index < -0.39 is 5.56 Å². The maximum Gasteiger partial charge on any atom is 0.332 e. The smallest absolute Gasteiger partial charge is 0.332 e. The van der Waals surface area contributed by atoms with Crippen molar-refractivity contribution in [2.75, 3.05) is 5.75 Å². The van der Waals surface area contributed by atoms with E-state index in [4.69, 9.17) is 0 Å². The van der Waals surface area contributed by atoms with E-state index >= 15 is 0 Å². The van der Waals surface area contributed by atoms with Crippen LogP contribution >= 0.6 is 11.8 Å². The van der Waals surface area contributed by atoms with Crippen LogP contribution in [0, 0.1) is 0 Å². The Bertz CT molecular complexity index is 1250. The van der Waals surface area contributed by atoms with E-state index in [1.54, 1.807) is 7.05 Å². The molecule has 2 heterocycles. The molecule has 1 amide bonds. The SMILES string of the molecule is Cn1c(=O)c2nc(SCCC(=O)NC3CCCCCC3)n(CCc3ccccc3)c2n(C)c1=O. The van der Waals surface area contributed by atoms with Gasteiger partial charge in [0.25, 0.3) is 5.56 Å². The number of aromatic nitrogens is 4. The van der Waals surface area contributed by atoms with E-state index in [1.165, 1.54) is 49.1 Å². The first-order valence-corrected chi connectivity index (χ1v) is 13.1. The minimum atomic E-state index is -0.399. The molecule has 3 aromatic rings. The highest BCUT2D eigenvalue weighted by atomic mass is 32.2. The van der Waals surface area contributed by atoms with Gasteiger partial charge in [0.1, 0.15) is 0 Å². The molecule has 1 aliphatic carbocycles. The average molecular weight is 484 g/mol. The minimum absolute atomic E-state index is 0.0645. The lowest BCUT2D eigenvalue weighted by Crippen LogP contribution is -2.37. The fourth-order valence-corrected chi connectivity index (χ4v) is 5.58. The van der Waals surface area contributed by atoms with E-state index in [0.29, 0.717) is 29.5 Å². The number of imidazole rings is 1. The van der Waals surface area contributed by atoms with Crippen LogP contribution < -0.4 is 16.6 Å². The van der Waals surface area contributed by atoms with Crippen molar-refractivity contribution in [1.29, 1.82) is 0 Å². The quantitative estimate of drug-likeness (QED) is 0.393. The maximum atomic E-state index is 12.8. The third-order valence-electron chi connectivity index (χ3n) is 6.55. The zero-order valence-corrected chi connectivity index (χ0v) is 20.8. The Balaban J connectivity index is 1.52. The standard InChI is InChI=1S/C25H33N5O3S/c1-28-22-21(23(32)29(2)25(28)33)27-24(30(22)16-14-18-10-6-5-7-11-18)34-17-15-20(31)26-19-12-8-3-4-9-13-19/h5-7,10-11,19H,3-4,8-9,12-17H2,1-2H3,(H,26,31). The van der Waals surface area contributed by atoms with Crippen LogP contribution in [0.25, 0.3) is 11.2 Å². The van der Waals surface area contributed by atoms with Gasteiger partial charge in [-0.25, -0.2) is 9.78 Å². The third-order valence-corrected chi connectivity index (χ3v) is 7.53. The van der Waals surface area contributed by atoms with Crippen LogP contribution in [0.4, 0.5) is 0 Å². The molecule has 1 fully saturated rings. The zero-order valence-electron chi connectivity index (χ0n) is 20.0. The highest BCUT2D eigenvalue weighted by Gasteiger charge is 2.20. The minimum Gasteiger partial charge on any atom is -0.353 e. The predicted octanol–water partition coefficient (Wildman–Crippen LogP) is 3.00. The van der Waals surface area contributed by atoms with Gasteiger partial charge in [0.15, 0.2) is 16.3 Å². The first kappa shape index (κ1) is 24.3. The Kier molecular flexibility index (Phi) is 7.92. The summed E-state index contributed by atoms with van der Waals surface area (Å²) in [5.74, 6) is 0.622. The normalized spacial score (nSPS) is 14.9. The van der Waals surface area contributed by atoms with Gasteiger partial charge in [0.2, 0.25) is 5.91 Å². The zero-order chi connectivity index (χ0) is 24.1. The highest BCUT2D eigenvalue weighted by Crippen LogP contribution is 2.23. The number of aryl methyl sites for hydroxylation is 3. The van der Waals surface area contributed by atoms with Crippen LogP contribution in [0.5, 0.6) is 0 Å². The van der Waals surface area contributed by atoms with Crippen molar-refractivity contribution in [2.45, 2.75) is 69.1 Å². The van der Waals surface area contributed by atoms with E-state index in [1.807, 2.05) is 22.8 Å². The van der Waals surface area contributed by atoms with Crippen molar-refractivity contribution < 1.29 is 4.79 Å². The Morgan fingerprint density at radius 2 is 1.76 bits per heavy atom. The van der Waals surface area contributed by atoms with Crippen molar-refractivity contribution in [3.63, 3.8) is 0 Å². The van der Waals surface area contributed by atoms with Crippen LogP contribution in [-0.4, -0.2) is 36.4 Å². The molecule has 182 valence electrons. The van der Waals surface area contributed by atoms with Gasteiger partial charge in [0, 0.05) is 38.9 Å². The fraction of sp³-hybridized carbons (Fsp3) is 0.520. The summed E-state index contributed by atoms with van der Waals surface area (Å²) in [5.41, 5.74) is 1.19. The number of rotatable bonds is 8. The van der Waals surface area contributed by atoms with Crippen LogP contribution in [0.2, 0.25) is 0 Å². The lowest BCUT2D eigenvalue weighted by Gasteiger charge is -2.16. The largest absolute Gasteiger partial charge is 0.353 e. The molecule has 9 heteroatoms. The van der Waals surface area contributed by atoms with Crippen molar-refractivity contribution in [3.8, 4) is 0 Å². The molecule has 0 spiro atoms. The number of benzene rings is 1. The Hall–Kier alpha value is -2.81. The number of fused-ring (bicyclic) bond motifs is 1. The summed E-state index contributed by atoms with van der Waals surface area (Å²) in [7, 11) is 3.14. The molecular formula is C25H33N5O3S. The summed E-state index contributed by atoms with van der Waals surface area (Å²) in [5, 5.41) is 3.85. The lowest BCUT2D eigenvalue weighted by atomic mass is 10.1. The molecule has 1 aromatic carbocycles. The number of nitrogens with one attached hydrogen (secondary N) is 1. The first-order chi connectivity index (χ1) is 16.5. The van der Waals surface area contributed by atoms with Crippen molar-refractivity contribution in [2.24, 2.45) is 14.1 Å². The second-order valence-electron chi connectivity index (χ2n) is 9.01. The number of thioether (sulfide) groups is 1. The number of carbonyl (C=O) groups excluding carboxylic acids is 1. The molecule has 34 heavy (non-hydrogen) atoms. The first-order valence-electron chi connectivity index (χ1n) is 12.1. The fourth-order valence-electron chi connectivity index (χ4n) is 4.63. The Morgan fingerprint density at radius 3 is 2.47 bits per heavy atom. The molecule has 0 aliphatic heterocycles. The number of nitrogens with zero attached hydrogens (tertiary/aromatic N) is 4. The number of hydrogen-bond donors (Lipinski definition) is 1. The summed E-state index contributed by atoms with van der Waals surface area (Å²) in [4.78, 5) is 42.5. The summed E-state index contributed by atoms with van der Waals surface area (Å²) >= 11 is 1.46. The molecule has 1 N–H and O–H groups in total. The van der Waals surface area contributed by atoms with Crippen molar-refractivity contribution in [3.05, 3.63) is 56.7 Å². The molecule has 0 unspecified atom stereocenters. The van der Waals surface area contributed by atoms with Crippen LogP contribution in [0.1, 0.15) is 50.5 Å². The summed E-state index contributed by atoms with van der Waals surface area (Å²) in [6.45, 7) is 0.581. The van der Waals surface area contributed by atoms with Gasteiger partial charge in [-0.05, 0) is 24.8 Å². The maximum absolute atomic E-state index is 12.8. The number of hydrogen-bond acceptors (Lipinski definition) is 5. The van der Waals surface area contributed by atoms with Gasteiger partial charge in [-0.2, -0.15) is 0 Å². The molecule has 0 atom stereocenters. The second kappa shape index (κ2) is 11.1. The highest BCUT2D eigenvalue weighted by molar-refractivity contribution is 7.99. The van der Waals surface area contributed by atoms with Gasteiger partial charge in [-0.1, -0.05) is 67.8 Å².